The maximum Gasteiger partial charge on any atom is 0.167 e. The van der Waals surface area contributed by atoms with Crippen molar-refractivity contribution in [1.82, 2.24) is 20.3 Å². The highest BCUT2D eigenvalue weighted by atomic mass is 15.6. The van der Waals surface area contributed by atoms with Crippen LogP contribution in [0.4, 0.5) is 0 Å². The maximum absolute atomic E-state index is 4.74. The number of likely N-dealkylation sites (tertiary alicyclic amines) is 1. The molecule has 1 saturated heterocycles. The fourth-order valence-corrected chi connectivity index (χ4v) is 4.26. The maximum atomic E-state index is 4.74. The Morgan fingerprint density at radius 2 is 2.00 bits per heavy atom. The Balaban J connectivity index is 1.30. The third-order valence-electron chi connectivity index (χ3n) is 5.71. The van der Waals surface area contributed by atoms with Crippen LogP contribution in [0.15, 0.2) is 76.7 Å². The van der Waals surface area contributed by atoms with E-state index >= 15 is 0 Å². The average Bonchev–Trinajstić information content (AvgIpc) is 3.32. The number of nitrogens with zero attached hydrogens (tertiary/aromatic N) is 5. The summed E-state index contributed by atoms with van der Waals surface area (Å²) in [6.45, 7) is 5.40. The average molecular weight is 372 g/mol. The molecule has 3 unspecified atom stereocenters. The van der Waals surface area contributed by atoms with Gasteiger partial charge in [-0.3, -0.25) is 25.3 Å². The summed E-state index contributed by atoms with van der Waals surface area (Å²) in [5, 5.41) is 2.10. The van der Waals surface area contributed by atoms with E-state index in [2.05, 4.69) is 68.6 Å². The summed E-state index contributed by atoms with van der Waals surface area (Å²) in [6, 6.07) is 14.7. The number of amidine groups is 1. The number of fused-ring (bicyclic) bond motifs is 1. The van der Waals surface area contributed by atoms with Crippen molar-refractivity contribution in [2.24, 2.45) is 21.8 Å². The van der Waals surface area contributed by atoms with Crippen LogP contribution in [0.5, 0.6) is 0 Å². The Kier molecular flexibility index (Phi) is 4.41. The fourth-order valence-electron chi connectivity index (χ4n) is 4.26. The van der Waals surface area contributed by atoms with Crippen molar-refractivity contribution in [3.63, 3.8) is 0 Å². The van der Waals surface area contributed by atoms with Gasteiger partial charge in [0.05, 0.1) is 18.1 Å². The highest BCUT2D eigenvalue weighted by molar-refractivity contribution is 5.90. The molecular weight excluding hydrogens is 348 g/mol. The molecule has 4 heterocycles. The lowest BCUT2D eigenvalue weighted by Gasteiger charge is -2.33. The van der Waals surface area contributed by atoms with Crippen LogP contribution in [0.3, 0.4) is 0 Å². The van der Waals surface area contributed by atoms with Gasteiger partial charge < -0.3 is 0 Å². The molecular formula is C22H24N6. The number of nitrogens with one attached hydrogen (secondary N) is 1. The van der Waals surface area contributed by atoms with Crippen LogP contribution in [0, 0.1) is 11.8 Å². The first kappa shape index (κ1) is 17.1. The van der Waals surface area contributed by atoms with Gasteiger partial charge >= 0.3 is 0 Å². The number of hydrazine groups is 1. The van der Waals surface area contributed by atoms with Crippen molar-refractivity contribution in [1.29, 1.82) is 0 Å². The number of rotatable bonds is 4. The SMILES string of the molecule is CC1CN(Cc2ccccc2)CC1C1=NC=C2C=NC(c3cccnc3)N2N1. The molecule has 0 radical (unpaired) electrons. The van der Waals surface area contributed by atoms with Crippen molar-refractivity contribution in [2.45, 2.75) is 19.6 Å². The van der Waals surface area contributed by atoms with Crippen LogP contribution >= 0.6 is 0 Å². The summed E-state index contributed by atoms with van der Waals surface area (Å²) >= 11 is 0. The summed E-state index contributed by atoms with van der Waals surface area (Å²) in [6.07, 6.45) is 7.38. The second-order valence-electron chi connectivity index (χ2n) is 7.75. The lowest BCUT2D eigenvalue weighted by Crippen LogP contribution is -2.47. The molecule has 1 aromatic carbocycles. The predicted octanol–water partition coefficient (Wildman–Crippen LogP) is 2.99. The second-order valence-corrected chi connectivity index (χ2v) is 7.75. The molecule has 6 heteroatoms. The molecule has 0 saturated carbocycles. The zero-order valence-electron chi connectivity index (χ0n) is 15.9. The van der Waals surface area contributed by atoms with Gasteiger partial charge in [-0.25, -0.2) is 4.99 Å². The Morgan fingerprint density at radius 1 is 1.11 bits per heavy atom. The molecule has 5 rings (SSSR count). The smallest absolute Gasteiger partial charge is 0.167 e. The highest BCUT2D eigenvalue weighted by Crippen LogP contribution is 2.32. The normalized spacial score (nSPS) is 26.6. The number of pyridine rings is 1. The van der Waals surface area contributed by atoms with Crippen molar-refractivity contribution < 1.29 is 0 Å². The molecule has 3 aliphatic heterocycles. The molecule has 1 aromatic heterocycles. The molecule has 28 heavy (non-hydrogen) atoms. The molecule has 3 aliphatic rings. The van der Waals surface area contributed by atoms with E-state index < -0.39 is 0 Å². The summed E-state index contributed by atoms with van der Waals surface area (Å²) in [4.78, 5) is 16.2. The topological polar surface area (TPSA) is 56.1 Å². The first-order chi connectivity index (χ1) is 13.8. The lowest BCUT2D eigenvalue weighted by molar-refractivity contribution is 0.241. The minimum Gasteiger partial charge on any atom is -0.298 e. The molecule has 0 bridgehead atoms. The summed E-state index contributed by atoms with van der Waals surface area (Å²) in [7, 11) is 0. The third kappa shape index (κ3) is 3.20. The molecule has 0 aliphatic carbocycles. The second kappa shape index (κ2) is 7.20. The minimum atomic E-state index is -0.0948. The van der Waals surface area contributed by atoms with Gasteiger partial charge in [-0.1, -0.05) is 43.3 Å². The fraction of sp³-hybridized carbons (Fsp3) is 0.318. The van der Waals surface area contributed by atoms with Crippen LogP contribution in [0.25, 0.3) is 0 Å². The van der Waals surface area contributed by atoms with Crippen LogP contribution in [0.2, 0.25) is 0 Å². The minimum absolute atomic E-state index is 0.0948. The van der Waals surface area contributed by atoms with E-state index in [1.165, 1.54) is 5.56 Å². The quantitative estimate of drug-likeness (QED) is 0.896. The number of hydrogen-bond donors (Lipinski definition) is 1. The van der Waals surface area contributed by atoms with Crippen LogP contribution in [-0.2, 0) is 6.54 Å². The number of aromatic nitrogens is 1. The molecule has 6 nitrogen and oxygen atoms in total. The summed E-state index contributed by atoms with van der Waals surface area (Å²) in [5.41, 5.74) is 6.98. The highest BCUT2D eigenvalue weighted by Gasteiger charge is 2.37. The van der Waals surface area contributed by atoms with Crippen molar-refractivity contribution in [2.75, 3.05) is 13.1 Å². The van der Waals surface area contributed by atoms with Gasteiger partial charge in [-0.05, 0) is 17.5 Å². The largest absolute Gasteiger partial charge is 0.298 e. The number of aliphatic imine (C=N–C) groups is 2. The molecule has 3 atom stereocenters. The van der Waals surface area contributed by atoms with Gasteiger partial charge in [0.2, 0.25) is 0 Å². The van der Waals surface area contributed by atoms with Crippen molar-refractivity contribution in [3.8, 4) is 0 Å². The van der Waals surface area contributed by atoms with Gasteiger partial charge in [0.1, 0.15) is 5.84 Å². The third-order valence-corrected chi connectivity index (χ3v) is 5.71. The first-order valence-corrected chi connectivity index (χ1v) is 9.81. The molecule has 0 amide bonds. The Hall–Kier alpha value is -2.99. The molecule has 0 spiro atoms. The standard InChI is InChI=1S/C22H24N6/c1-16-13-27(14-17-6-3-2-4-7-17)15-20(16)21-24-11-19-12-25-22(28(19)26-21)18-8-5-9-23-10-18/h2-12,16,20,22H,13-15H2,1H3,(H,24,26). The molecule has 2 aromatic rings. The van der Waals surface area contributed by atoms with Crippen LogP contribution < -0.4 is 5.43 Å². The van der Waals surface area contributed by atoms with E-state index in [4.69, 9.17) is 4.99 Å². The van der Waals surface area contributed by atoms with Crippen LogP contribution in [-0.4, -0.2) is 40.0 Å². The lowest BCUT2D eigenvalue weighted by atomic mass is 9.97. The number of hydrogen-bond acceptors (Lipinski definition) is 6. The Morgan fingerprint density at radius 3 is 2.82 bits per heavy atom. The van der Waals surface area contributed by atoms with Crippen molar-refractivity contribution in [3.05, 3.63) is 77.9 Å². The monoisotopic (exact) mass is 372 g/mol. The van der Waals surface area contributed by atoms with E-state index in [0.29, 0.717) is 11.8 Å². The predicted molar refractivity (Wildman–Crippen MR) is 110 cm³/mol. The van der Waals surface area contributed by atoms with Gasteiger partial charge in [0.15, 0.2) is 6.17 Å². The molecule has 1 fully saturated rings. The van der Waals surface area contributed by atoms with Crippen molar-refractivity contribution >= 4 is 12.1 Å². The molecule has 1 N–H and O–H groups in total. The molecule has 142 valence electrons. The summed E-state index contributed by atoms with van der Waals surface area (Å²) in [5.74, 6) is 1.97. The van der Waals surface area contributed by atoms with E-state index in [-0.39, 0.29) is 6.17 Å². The Bertz CT molecular complexity index is 921. The zero-order valence-corrected chi connectivity index (χ0v) is 15.9. The Labute approximate surface area is 165 Å². The first-order valence-electron chi connectivity index (χ1n) is 9.81. The van der Waals surface area contributed by atoms with Gasteiger partial charge in [-0.2, -0.15) is 0 Å². The van der Waals surface area contributed by atoms with Gasteiger partial charge in [0, 0.05) is 43.5 Å². The van der Waals surface area contributed by atoms with E-state index in [1.54, 1.807) is 6.20 Å². The number of allylic oxidation sites excluding steroid dienone is 1. The van der Waals surface area contributed by atoms with E-state index in [9.17, 15) is 0 Å². The van der Waals surface area contributed by atoms with E-state index in [0.717, 1.165) is 36.7 Å². The summed E-state index contributed by atoms with van der Waals surface area (Å²) < 4.78 is 0. The van der Waals surface area contributed by atoms with Crippen LogP contribution in [0.1, 0.15) is 24.2 Å². The number of benzene rings is 1. The van der Waals surface area contributed by atoms with Gasteiger partial charge in [0.25, 0.3) is 0 Å². The van der Waals surface area contributed by atoms with Gasteiger partial charge in [-0.15, -0.1) is 0 Å². The zero-order chi connectivity index (χ0) is 18.9. The van der Waals surface area contributed by atoms with E-state index in [1.807, 2.05) is 24.7 Å².